The van der Waals surface area contributed by atoms with E-state index in [4.69, 9.17) is 4.74 Å². The quantitative estimate of drug-likeness (QED) is 0.414. The van der Waals surface area contributed by atoms with E-state index < -0.39 is 5.97 Å². The Morgan fingerprint density at radius 2 is 1.96 bits per heavy atom. The van der Waals surface area contributed by atoms with Gasteiger partial charge < -0.3 is 14.7 Å². The number of aromatic amines is 2. The number of carbonyl (C=O) groups excluding carboxylic acids is 2. The van der Waals surface area contributed by atoms with Gasteiger partial charge in [-0.05, 0) is 44.0 Å². The van der Waals surface area contributed by atoms with E-state index in [1.807, 2.05) is 25.1 Å². The number of hydrogen-bond acceptors (Lipinski definition) is 5. The molecule has 0 radical (unpaired) electrons. The number of H-pyrrole nitrogens is 2. The van der Waals surface area contributed by atoms with Crippen molar-refractivity contribution in [1.82, 2.24) is 15.0 Å². The van der Waals surface area contributed by atoms with Crippen LogP contribution in [0.15, 0.2) is 23.4 Å². The van der Waals surface area contributed by atoms with Crippen LogP contribution in [0.3, 0.4) is 0 Å². The van der Waals surface area contributed by atoms with Crippen molar-refractivity contribution < 1.29 is 14.3 Å². The standard InChI is InChI=1S/C18H19N3O3S/c1-9-5-6-12-13(7-9)21-18(20-12)25-8-14(22)16-10(2)15(11(3)19-16)17(23)24-4/h5-7,19H,8H2,1-4H3,(H,20,21). The van der Waals surface area contributed by atoms with Crippen molar-refractivity contribution in [1.29, 1.82) is 0 Å². The molecule has 2 N–H and O–H groups in total. The molecule has 130 valence electrons. The lowest BCUT2D eigenvalue weighted by atomic mass is 10.1. The molecule has 3 rings (SSSR count). The van der Waals surface area contributed by atoms with Crippen LogP contribution in [-0.4, -0.2) is 39.6 Å². The smallest absolute Gasteiger partial charge is 0.339 e. The summed E-state index contributed by atoms with van der Waals surface area (Å²) in [4.78, 5) is 35.1. The fourth-order valence-electron chi connectivity index (χ4n) is 2.81. The fourth-order valence-corrected chi connectivity index (χ4v) is 3.57. The maximum Gasteiger partial charge on any atom is 0.339 e. The summed E-state index contributed by atoms with van der Waals surface area (Å²) in [7, 11) is 1.33. The number of thioether (sulfide) groups is 1. The first kappa shape index (κ1) is 17.3. The summed E-state index contributed by atoms with van der Waals surface area (Å²) in [5.41, 5.74) is 5.10. The minimum absolute atomic E-state index is 0.0858. The molecule has 3 aromatic rings. The number of hydrogen-bond donors (Lipinski definition) is 2. The molecule has 0 saturated carbocycles. The predicted octanol–water partition coefficient (Wildman–Crippen LogP) is 3.58. The minimum atomic E-state index is -0.439. The third-order valence-electron chi connectivity index (χ3n) is 4.06. The van der Waals surface area contributed by atoms with Gasteiger partial charge in [0.25, 0.3) is 0 Å². The second kappa shape index (κ2) is 6.76. The van der Waals surface area contributed by atoms with Crippen LogP contribution < -0.4 is 0 Å². The summed E-state index contributed by atoms with van der Waals surface area (Å²) in [5.74, 6) is -0.303. The molecular formula is C18H19N3O3S. The third kappa shape index (κ3) is 3.32. The van der Waals surface area contributed by atoms with Gasteiger partial charge in [-0.1, -0.05) is 17.8 Å². The lowest BCUT2D eigenvalue weighted by Crippen LogP contribution is -2.07. The Hall–Kier alpha value is -2.54. The number of rotatable bonds is 5. The van der Waals surface area contributed by atoms with Crippen molar-refractivity contribution in [3.8, 4) is 0 Å². The highest BCUT2D eigenvalue weighted by Gasteiger charge is 2.22. The molecule has 0 amide bonds. The zero-order valence-electron chi connectivity index (χ0n) is 14.5. The van der Waals surface area contributed by atoms with E-state index >= 15 is 0 Å². The molecule has 2 aromatic heterocycles. The molecule has 0 atom stereocenters. The number of imidazole rings is 1. The molecule has 0 aliphatic heterocycles. The molecular weight excluding hydrogens is 338 g/mol. The molecule has 25 heavy (non-hydrogen) atoms. The fraction of sp³-hybridized carbons (Fsp3) is 0.278. The number of nitrogens with one attached hydrogen (secondary N) is 2. The number of esters is 1. The molecule has 6 nitrogen and oxygen atoms in total. The van der Waals surface area contributed by atoms with Crippen LogP contribution in [0.4, 0.5) is 0 Å². The molecule has 0 fully saturated rings. The van der Waals surface area contributed by atoms with Crippen LogP contribution in [-0.2, 0) is 4.74 Å². The van der Waals surface area contributed by atoms with Crippen molar-refractivity contribution in [3.63, 3.8) is 0 Å². The van der Waals surface area contributed by atoms with Gasteiger partial charge in [0.1, 0.15) is 0 Å². The van der Waals surface area contributed by atoms with E-state index in [-0.39, 0.29) is 11.5 Å². The second-order valence-corrected chi connectivity index (χ2v) is 6.86. The van der Waals surface area contributed by atoms with Gasteiger partial charge >= 0.3 is 5.97 Å². The van der Waals surface area contributed by atoms with Crippen LogP contribution in [0, 0.1) is 20.8 Å². The lowest BCUT2D eigenvalue weighted by molar-refractivity contribution is 0.0599. The van der Waals surface area contributed by atoms with E-state index in [1.165, 1.54) is 18.9 Å². The SMILES string of the molecule is COC(=O)c1c(C)[nH]c(C(=O)CSc2nc3ccc(C)cc3[nH]2)c1C. The maximum absolute atomic E-state index is 12.5. The van der Waals surface area contributed by atoms with Crippen molar-refractivity contribution in [2.75, 3.05) is 12.9 Å². The van der Waals surface area contributed by atoms with E-state index in [0.717, 1.165) is 16.6 Å². The first-order valence-electron chi connectivity index (χ1n) is 7.80. The predicted molar refractivity (Wildman–Crippen MR) is 97.5 cm³/mol. The number of ketones is 1. The average Bonchev–Trinajstić information content (AvgIpc) is 3.11. The summed E-state index contributed by atoms with van der Waals surface area (Å²) in [5, 5.41) is 0.697. The van der Waals surface area contributed by atoms with Gasteiger partial charge in [-0.15, -0.1) is 0 Å². The largest absolute Gasteiger partial charge is 0.465 e. The van der Waals surface area contributed by atoms with Crippen LogP contribution in [0.5, 0.6) is 0 Å². The number of methoxy groups -OCH3 is 1. The first-order chi connectivity index (χ1) is 11.9. The van der Waals surface area contributed by atoms with Gasteiger partial charge in [-0.2, -0.15) is 0 Å². The zero-order chi connectivity index (χ0) is 18.1. The molecule has 2 heterocycles. The van der Waals surface area contributed by atoms with Gasteiger partial charge in [0.2, 0.25) is 0 Å². The number of carbonyl (C=O) groups is 2. The van der Waals surface area contributed by atoms with Crippen LogP contribution in [0.25, 0.3) is 11.0 Å². The molecule has 0 aliphatic carbocycles. The highest BCUT2D eigenvalue weighted by Crippen LogP contribution is 2.24. The van der Waals surface area contributed by atoms with Crippen molar-refractivity contribution >= 4 is 34.5 Å². The number of aromatic nitrogens is 3. The highest BCUT2D eigenvalue weighted by atomic mass is 32.2. The van der Waals surface area contributed by atoms with E-state index in [2.05, 4.69) is 15.0 Å². The van der Waals surface area contributed by atoms with Crippen LogP contribution in [0.1, 0.15) is 37.7 Å². The highest BCUT2D eigenvalue weighted by molar-refractivity contribution is 7.99. The van der Waals surface area contributed by atoms with E-state index in [1.54, 1.807) is 13.8 Å². The van der Waals surface area contributed by atoms with Crippen LogP contribution in [0.2, 0.25) is 0 Å². The summed E-state index contributed by atoms with van der Waals surface area (Å²) in [6.45, 7) is 5.52. The minimum Gasteiger partial charge on any atom is -0.465 e. The third-order valence-corrected chi connectivity index (χ3v) is 4.93. The molecule has 0 unspecified atom stereocenters. The van der Waals surface area contributed by atoms with Gasteiger partial charge in [-0.25, -0.2) is 9.78 Å². The van der Waals surface area contributed by atoms with Crippen molar-refractivity contribution in [2.45, 2.75) is 25.9 Å². The van der Waals surface area contributed by atoms with E-state index in [0.29, 0.717) is 27.7 Å². The monoisotopic (exact) mass is 357 g/mol. The number of Topliss-reactive ketones (excluding diaryl/α,β-unsaturated/α-hetero) is 1. The Balaban J connectivity index is 1.77. The summed E-state index contributed by atoms with van der Waals surface area (Å²) in [6.07, 6.45) is 0. The Morgan fingerprint density at radius 1 is 1.20 bits per heavy atom. The van der Waals surface area contributed by atoms with E-state index in [9.17, 15) is 9.59 Å². The normalized spacial score (nSPS) is 11.0. The molecule has 0 saturated heterocycles. The van der Waals surface area contributed by atoms with Gasteiger partial charge in [0, 0.05) is 5.69 Å². The summed E-state index contributed by atoms with van der Waals surface area (Å²) >= 11 is 1.34. The number of nitrogens with zero attached hydrogens (tertiary/aromatic N) is 1. The Labute approximate surface area is 149 Å². The maximum atomic E-state index is 12.5. The molecule has 0 spiro atoms. The summed E-state index contributed by atoms with van der Waals surface area (Å²) in [6, 6.07) is 5.98. The van der Waals surface area contributed by atoms with Crippen molar-refractivity contribution in [2.24, 2.45) is 0 Å². The van der Waals surface area contributed by atoms with Gasteiger partial charge in [0.15, 0.2) is 10.9 Å². The zero-order valence-corrected chi connectivity index (χ0v) is 15.3. The second-order valence-electron chi connectivity index (χ2n) is 5.89. The Kier molecular flexibility index (Phi) is 4.67. The first-order valence-corrected chi connectivity index (χ1v) is 8.79. The Bertz CT molecular complexity index is 972. The number of ether oxygens (including phenoxy) is 1. The molecule has 0 bridgehead atoms. The number of fused-ring (bicyclic) bond motifs is 1. The molecule has 7 heteroatoms. The number of benzene rings is 1. The van der Waals surface area contributed by atoms with Gasteiger partial charge in [0.05, 0.1) is 35.2 Å². The lowest BCUT2D eigenvalue weighted by Gasteiger charge is -2.00. The Morgan fingerprint density at radius 3 is 2.68 bits per heavy atom. The van der Waals surface area contributed by atoms with Crippen molar-refractivity contribution in [3.05, 3.63) is 46.3 Å². The number of aryl methyl sites for hydroxylation is 2. The van der Waals surface area contributed by atoms with Crippen LogP contribution >= 0.6 is 11.8 Å². The summed E-state index contributed by atoms with van der Waals surface area (Å²) < 4.78 is 4.77. The topological polar surface area (TPSA) is 87.8 Å². The van der Waals surface area contributed by atoms with Gasteiger partial charge in [-0.3, -0.25) is 4.79 Å². The molecule has 0 aliphatic rings. The average molecular weight is 357 g/mol. The molecule has 1 aromatic carbocycles.